The van der Waals surface area contributed by atoms with Gasteiger partial charge in [-0.2, -0.15) is 0 Å². The molecule has 0 heterocycles. The van der Waals surface area contributed by atoms with E-state index >= 15 is 0 Å². The lowest BCUT2D eigenvalue weighted by atomic mass is 10.1. The van der Waals surface area contributed by atoms with Crippen LogP contribution in [0.3, 0.4) is 0 Å². The number of hydrogen-bond donors (Lipinski definition) is 2. The van der Waals surface area contributed by atoms with Gasteiger partial charge in [0, 0.05) is 12.6 Å². The van der Waals surface area contributed by atoms with Crippen LogP contribution < -0.4 is 10.0 Å². The summed E-state index contributed by atoms with van der Waals surface area (Å²) >= 11 is 0. The highest BCUT2D eigenvalue weighted by Gasteiger charge is 2.29. The highest BCUT2D eigenvalue weighted by atomic mass is 32.2. The van der Waals surface area contributed by atoms with Crippen LogP contribution in [-0.4, -0.2) is 33.3 Å². The second-order valence-corrected chi connectivity index (χ2v) is 6.55. The van der Waals surface area contributed by atoms with Crippen molar-refractivity contribution in [2.75, 3.05) is 18.8 Å². The largest absolute Gasteiger partial charge is 0.314 e. The normalized spacial score (nSPS) is 18.6. The van der Waals surface area contributed by atoms with Gasteiger partial charge in [-0.15, -0.1) is 0 Å². The van der Waals surface area contributed by atoms with E-state index in [-0.39, 0.29) is 5.75 Å². The number of sulfonamides is 1. The van der Waals surface area contributed by atoms with Crippen LogP contribution in [0.2, 0.25) is 0 Å². The first-order valence-electron chi connectivity index (χ1n) is 6.29. The molecule has 1 aliphatic carbocycles. The van der Waals surface area contributed by atoms with Crippen molar-refractivity contribution in [1.29, 1.82) is 0 Å². The van der Waals surface area contributed by atoms with Gasteiger partial charge in [0.05, 0.1) is 5.75 Å². The Kier molecular flexibility index (Phi) is 5.72. The lowest BCUT2D eigenvalue weighted by Gasteiger charge is -2.15. The number of rotatable bonds is 9. The van der Waals surface area contributed by atoms with Gasteiger partial charge in [0.15, 0.2) is 0 Å². The first-order valence-corrected chi connectivity index (χ1v) is 7.95. The van der Waals surface area contributed by atoms with E-state index < -0.39 is 10.0 Å². The highest BCUT2D eigenvalue weighted by molar-refractivity contribution is 7.89. The molecule has 1 atom stereocenters. The Morgan fingerprint density at radius 1 is 1.25 bits per heavy atom. The Bertz CT molecular complexity index is 286. The van der Waals surface area contributed by atoms with Crippen molar-refractivity contribution in [3.63, 3.8) is 0 Å². The number of hydrogen-bond acceptors (Lipinski definition) is 3. The van der Waals surface area contributed by atoms with Crippen LogP contribution in [0, 0.1) is 5.92 Å². The average molecular weight is 248 g/mol. The topological polar surface area (TPSA) is 58.2 Å². The highest BCUT2D eigenvalue weighted by Crippen LogP contribution is 2.33. The maximum atomic E-state index is 11.1. The summed E-state index contributed by atoms with van der Waals surface area (Å²) in [6.07, 6.45) is 4.75. The molecular weight excluding hydrogens is 224 g/mol. The van der Waals surface area contributed by atoms with Crippen LogP contribution in [0.25, 0.3) is 0 Å². The van der Waals surface area contributed by atoms with Crippen LogP contribution in [-0.2, 0) is 10.0 Å². The van der Waals surface area contributed by atoms with Crippen LogP contribution in [0.5, 0.6) is 0 Å². The molecule has 2 N–H and O–H groups in total. The van der Waals surface area contributed by atoms with Gasteiger partial charge in [0.2, 0.25) is 10.0 Å². The van der Waals surface area contributed by atoms with E-state index in [1.54, 1.807) is 6.92 Å². The fourth-order valence-electron chi connectivity index (χ4n) is 1.85. The Hall–Kier alpha value is -0.130. The predicted molar refractivity (Wildman–Crippen MR) is 66.9 cm³/mol. The molecule has 0 aromatic rings. The molecule has 0 spiro atoms. The van der Waals surface area contributed by atoms with E-state index in [1.165, 1.54) is 19.3 Å². The summed E-state index contributed by atoms with van der Waals surface area (Å²) in [6.45, 7) is 5.31. The Morgan fingerprint density at radius 3 is 2.44 bits per heavy atom. The first-order chi connectivity index (χ1) is 7.59. The maximum Gasteiger partial charge on any atom is 0.211 e. The van der Waals surface area contributed by atoms with Crippen molar-refractivity contribution in [1.82, 2.24) is 10.0 Å². The summed E-state index contributed by atoms with van der Waals surface area (Å²) in [5.41, 5.74) is 0. The molecule has 96 valence electrons. The minimum Gasteiger partial charge on any atom is -0.314 e. The van der Waals surface area contributed by atoms with Gasteiger partial charge in [0.25, 0.3) is 0 Å². The Morgan fingerprint density at radius 2 is 1.94 bits per heavy atom. The minimum atomic E-state index is -3.01. The lowest BCUT2D eigenvalue weighted by molar-refractivity contribution is 0.445. The van der Waals surface area contributed by atoms with Gasteiger partial charge < -0.3 is 5.32 Å². The van der Waals surface area contributed by atoms with Crippen molar-refractivity contribution in [2.24, 2.45) is 5.92 Å². The standard InChI is InChI=1S/C11H24N2O2S/c1-3-11(10-6-7-10)12-8-5-9-13-16(14,15)4-2/h10-13H,3-9H2,1-2H3. The molecule has 0 saturated heterocycles. The third-order valence-electron chi connectivity index (χ3n) is 3.09. The molecule has 0 amide bonds. The van der Waals surface area contributed by atoms with Gasteiger partial charge >= 0.3 is 0 Å². The van der Waals surface area contributed by atoms with Gasteiger partial charge in [-0.05, 0) is 45.1 Å². The summed E-state index contributed by atoms with van der Waals surface area (Å²) in [5.74, 6) is 1.04. The molecule has 0 aliphatic heterocycles. The minimum absolute atomic E-state index is 0.167. The van der Waals surface area contributed by atoms with Crippen molar-refractivity contribution in [3.05, 3.63) is 0 Å². The maximum absolute atomic E-state index is 11.1. The molecular formula is C11H24N2O2S. The SMILES string of the molecule is CCC(NCCCNS(=O)(=O)CC)C1CC1. The van der Waals surface area contributed by atoms with Crippen LogP contribution in [0.1, 0.15) is 39.5 Å². The van der Waals surface area contributed by atoms with E-state index in [2.05, 4.69) is 17.0 Å². The molecule has 1 rings (SSSR count). The van der Waals surface area contributed by atoms with Crippen molar-refractivity contribution < 1.29 is 8.42 Å². The van der Waals surface area contributed by atoms with E-state index in [9.17, 15) is 8.42 Å². The van der Waals surface area contributed by atoms with Gasteiger partial charge in [-0.3, -0.25) is 0 Å². The van der Waals surface area contributed by atoms with E-state index in [1.807, 2.05) is 0 Å². The molecule has 0 bridgehead atoms. The summed E-state index contributed by atoms with van der Waals surface area (Å²) in [7, 11) is -3.01. The monoisotopic (exact) mass is 248 g/mol. The molecule has 16 heavy (non-hydrogen) atoms. The second kappa shape index (κ2) is 6.57. The molecule has 1 unspecified atom stereocenters. The summed E-state index contributed by atoms with van der Waals surface area (Å²) in [5, 5.41) is 3.50. The molecule has 5 heteroatoms. The van der Waals surface area contributed by atoms with E-state index in [4.69, 9.17) is 0 Å². The fraction of sp³-hybridized carbons (Fsp3) is 1.00. The first kappa shape index (κ1) is 13.9. The Labute approximate surface area is 99.2 Å². The molecule has 0 aromatic heterocycles. The zero-order valence-electron chi connectivity index (χ0n) is 10.3. The van der Waals surface area contributed by atoms with E-state index in [0.29, 0.717) is 12.6 Å². The van der Waals surface area contributed by atoms with Crippen LogP contribution >= 0.6 is 0 Å². The summed E-state index contributed by atoms with van der Waals surface area (Å²) < 4.78 is 24.9. The third kappa shape index (κ3) is 5.27. The smallest absolute Gasteiger partial charge is 0.211 e. The van der Waals surface area contributed by atoms with Crippen molar-refractivity contribution >= 4 is 10.0 Å². The van der Waals surface area contributed by atoms with Crippen molar-refractivity contribution in [2.45, 2.75) is 45.6 Å². The van der Waals surface area contributed by atoms with Crippen LogP contribution in [0.15, 0.2) is 0 Å². The molecule has 1 aliphatic rings. The quantitative estimate of drug-likeness (QED) is 0.601. The molecule has 1 fully saturated rings. The second-order valence-electron chi connectivity index (χ2n) is 4.46. The average Bonchev–Trinajstić information content (AvgIpc) is 3.07. The van der Waals surface area contributed by atoms with Crippen LogP contribution in [0.4, 0.5) is 0 Å². The third-order valence-corrected chi connectivity index (χ3v) is 4.50. The number of nitrogens with one attached hydrogen (secondary N) is 2. The zero-order chi connectivity index (χ0) is 12.0. The van der Waals surface area contributed by atoms with E-state index in [0.717, 1.165) is 18.9 Å². The molecule has 0 radical (unpaired) electrons. The molecule has 0 aromatic carbocycles. The summed E-state index contributed by atoms with van der Waals surface area (Å²) in [4.78, 5) is 0. The predicted octanol–water partition coefficient (Wildman–Crippen LogP) is 1.09. The molecule has 1 saturated carbocycles. The lowest BCUT2D eigenvalue weighted by Crippen LogP contribution is -2.34. The van der Waals surface area contributed by atoms with Gasteiger partial charge in [-0.25, -0.2) is 13.1 Å². The molecule has 4 nitrogen and oxygen atoms in total. The van der Waals surface area contributed by atoms with Gasteiger partial charge in [0.1, 0.15) is 0 Å². The Balaban J connectivity index is 2.03. The summed E-state index contributed by atoms with van der Waals surface area (Å²) in [6, 6.07) is 0.641. The fourth-order valence-corrected chi connectivity index (χ4v) is 2.51. The van der Waals surface area contributed by atoms with Crippen molar-refractivity contribution in [3.8, 4) is 0 Å². The van der Waals surface area contributed by atoms with Gasteiger partial charge in [-0.1, -0.05) is 6.92 Å². The zero-order valence-corrected chi connectivity index (χ0v) is 11.1.